The number of nitrogens with one attached hydrogen (secondary N) is 2. The Labute approximate surface area is 118 Å². The van der Waals surface area contributed by atoms with Gasteiger partial charge in [-0.2, -0.15) is 5.10 Å². The van der Waals surface area contributed by atoms with Gasteiger partial charge >= 0.3 is 0 Å². The van der Waals surface area contributed by atoms with Crippen LogP contribution < -0.4 is 5.32 Å². The number of hydrogen-bond donors (Lipinski definition) is 2. The molecule has 0 saturated heterocycles. The number of H-pyrrole nitrogens is 1. The predicted molar refractivity (Wildman–Crippen MR) is 72.4 cm³/mol. The van der Waals surface area contributed by atoms with Gasteiger partial charge in [-0.3, -0.25) is 14.7 Å². The van der Waals surface area contributed by atoms with E-state index in [0.717, 1.165) is 25.7 Å². The number of aromatic nitrogens is 3. The van der Waals surface area contributed by atoms with Crippen molar-refractivity contribution >= 4 is 11.8 Å². The minimum atomic E-state index is -0.0203. The smallest absolute Gasteiger partial charge is 0.224 e. The second kappa shape index (κ2) is 7.02. The van der Waals surface area contributed by atoms with Gasteiger partial charge in [0.1, 0.15) is 12.2 Å². The van der Waals surface area contributed by atoms with Crippen LogP contribution in [-0.4, -0.2) is 45.5 Å². The van der Waals surface area contributed by atoms with E-state index >= 15 is 0 Å². The lowest BCUT2D eigenvalue weighted by atomic mass is 10.1. The quantitative estimate of drug-likeness (QED) is 0.791. The van der Waals surface area contributed by atoms with E-state index in [4.69, 9.17) is 0 Å². The molecule has 0 bridgehead atoms. The van der Waals surface area contributed by atoms with Gasteiger partial charge in [-0.1, -0.05) is 12.8 Å². The highest BCUT2D eigenvalue weighted by Crippen LogP contribution is 2.24. The van der Waals surface area contributed by atoms with E-state index in [-0.39, 0.29) is 17.7 Å². The number of carbonyl (C=O) groups excluding carboxylic acids is 2. The van der Waals surface area contributed by atoms with E-state index in [0.29, 0.717) is 25.3 Å². The molecule has 1 fully saturated rings. The number of carbonyl (C=O) groups is 2. The van der Waals surface area contributed by atoms with Gasteiger partial charge in [0.05, 0.1) is 6.54 Å². The standard InChI is InChI=1S/C13H21N5O2/c1-18(8-11-15-9-16-17-11)12(19)6-7-14-13(20)10-4-2-3-5-10/h9-10H,2-8H2,1H3,(H,14,20)(H,15,16,17). The van der Waals surface area contributed by atoms with Crippen molar-refractivity contribution in [3.63, 3.8) is 0 Å². The maximum absolute atomic E-state index is 11.9. The molecule has 1 heterocycles. The maximum Gasteiger partial charge on any atom is 0.224 e. The largest absolute Gasteiger partial charge is 0.355 e. The van der Waals surface area contributed by atoms with Crippen molar-refractivity contribution in [2.24, 2.45) is 5.92 Å². The molecule has 1 aromatic rings. The zero-order valence-electron chi connectivity index (χ0n) is 11.8. The Morgan fingerprint density at radius 1 is 1.45 bits per heavy atom. The van der Waals surface area contributed by atoms with Gasteiger partial charge in [0.15, 0.2) is 0 Å². The van der Waals surface area contributed by atoms with Gasteiger partial charge in [0.2, 0.25) is 11.8 Å². The second-order valence-corrected chi connectivity index (χ2v) is 5.20. The summed E-state index contributed by atoms with van der Waals surface area (Å²) >= 11 is 0. The van der Waals surface area contributed by atoms with Gasteiger partial charge in [-0.25, -0.2) is 4.98 Å². The molecule has 7 heteroatoms. The minimum Gasteiger partial charge on any atom is -0.355 e. The summed E-state index contributed by atoms with van der Waals surface area (Å²) in [5, 5.41) is 9.29. The van der Waals surface area contributed by atoms with Crippen LogP contribution in [0.5, 0.6) is 0 Å². The summed E-state index contributed by atoms with van der Waals surface area (Å²) in [6.45, 7) is 0.796. The van der Waals surface area contributed by atoms with E-state index in [1.54, 1.807) is 11.9 Å². The van der Waals surface area contributed by atoms with Crippen LogP contribution in [-0.2, 0) is 16.1 Å². The molecule has 1 saturated carbocycles. The van der Waals surface area contributed by atoms with Crippen molar-refractivity contribution in [3.8, 4) is 0 Å². The summed E-state index contributed by atoms with van der Waals surface area (Å²) in [7, 11) is 1.71. The van der Waals surface area contributed by atoms with E-state index in [1.807, 2.05) is 0 Å². The first-order valence-corrected chi connectivity index (χ1v) is 7.02. The Bertz CT molecular complexity index is 440. The molecule has 1 aliphatic carbocycles. The average molecular weight is 279 g/mol. The first-order chi connectivity index (χ1) is 9.66. The monoisotopic (exact) mass is 279 g/mol. The van der Waals surface area contributed by atoms with Gasteiger partial charge in [0, 0.05) is 25.9 Å². The Balaban J connectivity index is 1.65. The lowest BCUT2D eigenvalue weighted by Crippen LogP contribution is -2.34. The van der Waals surface area contributed by atoms with Crippen LogP contribution in [0.1, 0.15) is 37.9 Å². The molecule has 1 aromatic heterocycles. The molecular formula is C13H21N5O2. The molecule has 110 valence electrons. The van der Waals surface area contributed by atoms with Crippen molar-refractivity contribution in [1.82, 2.24) is 25.4 Å². The fraction of sp³-hybridized carbons (Fsp3) is 0.692. The summed E-state index contributed by atoms with van der Waals surface area (Å²) in [6.07, 6.45) is 5.95. The zero-order valence-corrected chi connectivity index (χ0v) is 11.8. The first kappa shape index (κ1) is 14.5. The first-order valence-electron chi connectivity index (χ1n) is 7.02. The topological polar surface area (TPSA) is 91.0 Å². The van der Waals surface area contributed by atoms with Crippen LogP contribution in [0.15, 0.2) is 6.33 Å². The fourth-order valence-corrected chi connectivity index (χ4v) is 2.44. The van der Waals surface area contributed by atoms with E-state index in [1.165, 1.54) is 6.33 Å². The van der Waals surface area contributed by atoms with Crippen LogP contribution in [0.25, 0.3) is 0 Å². The van der Waals surface area contributed by atoms with Gasteiger partial charge in [0.25, 0.3) is 0 Å². The molecule has 2 N–H and O–H groups in total. The Kier molecular flexibility index (Phi) is 5.09. The Hall–Kier alpha value is -1.92. The SMILES string of the molecule is CN(Cc1ncn[nH]1)C(=O)CCNC(=O)C1CCCC1. The van der Waals surface area contributed by atoms with Crippen LogP contribution in [0.4, 0.5) is 0 Å². The highest BCUT2D eigenvalue weighted by atomic mass is 16.2. The van der Waals surface area contributed by atoms with Gasteiger partial charge in [-0.05, 0) is 12.8 Å². The summed E-state index contributed by atoms with van der Waals surface area (Å²) in [5.41, 5.74) is 0. The number of nitrogens with zero attached hydrogens (tertiary/aromatic N) is 3. The van der Waals surface area contributed by atoms with E-state index in [2.05, 4.69) is 20.5 Å². The second-order valence-electron chi connectivity index (χ2n) is 5.20. The minimum absolute atomic E-state index is 0.0203. The van der Waals surface area contributed by atoms with Gasteiger partial charge < -0.3 is 10.2 Å². The van der Waals surface area contributed by atoms with E-state index in [9.17, 15) is 9.59 Å². The molecule has 7 nitrogen and oxygen atoms in total. The molecule has 0 aliphatic heterocycles. The summed E-state index contributed by atoms with van der Waals surface area (Å²) in [5.74, 6) is 0.870. The third kappa shape index (κ3) is 4.04. The lowest BCUT2D eigenvalue weighted by molar-refractivity contribution is -0.130. The van der Waals surface area contributed by atoms with Crippen molar-refractivity contribution in [1.29, 1.82) is 0 Å². The summed E-state index contributed by atoms with van der Waals surface area (Å²) in [4.78, 5) is 29.2. The third-order valence-corrected chi connectivity index (χ3v) is 3.64. The van der Waals surface area contributed by atoms with Crippen LogP contribution in [0.3, 0.4) is 0 Å². The Morgan fingerprint density at radius 3 is 2.85 bits per heavy atom. The molecule has 0 spiro atoms. The molecular weight excluding hydrogens is 258 g/mol. The molecule has 2 rings (SSSR count). The highest BCUT2D eigenvalue weighted by Gasteiger charge is 2.22. The van der Waals surface area contributed by atoms with Crippen molar-refractivity contribution in [3.05, 3.63) is 12.2 Å². The fourth-order valence-electron chi connectivity index (χ4n) is 2.44. The predicted octanol–water partition coefficient (Wildman–Crippen LogP) is 0.460. The number of aromatic amines is 1. The summed E-state index contributed by atoms with van der Waals surface area (Å²) in [6, 6.07) is 0. The molecule has 20 heavy (non-hydrogen) atoms. The molecule has 2 amide bonds. The maximum atomic E-state index is 11.9. The van der Waals surface area contributed by atoms with Gasteiger partial charge in [-0.15, -0.1) is 0 Å². The van der Waals surface area contributed by atoms with Crippen molar-refractivity contribution < 1.29 is 9.59 Å². The molecule has 0 atom stereocenters. The molecule has 0 unspecified atom stereocenters. The van der Waals surface area contributed by atoms with Crippen LogP contribution >= 0.6 is 0 Å². The highest BCUT2D eigenvalue weighted by molar-refractivity contribution is 5.80. The van der Waals surface area contributed by atoms with Crippen molar-refractivity contribution in [2.45, 2.75) is 38.6 Å². The molecule has 1 aliphatic rings. The number of amides is 2. The normalized spacial score (nSPS) is 15.2. The average Bonchev–Trinajstić information content (AvgIpc) is 3.11. The number of rotatable bonds is 6. The van der Waals surface area contributed by atoms with Crippen LogP contribution in [0, 0.1) is 5.92 Å². The summed E-state index contributed by atoms with van der Waals surface area (Å²) < 4.78 is 0. The van der Waals surface area contributed by atoms with Crippen LogP contribution in [0.2, 0.25) is 0 Å². The van der Waals surface area contributed by atoms with E-state index < -0.39 is 0 Å². The zero-order chi connectivity index (χ0) is 14.4. The Morgan fingerprint density at radius 2 is 2.20 bits per heavy atom. The molecule has 0 aromatic carbocycles. The van der Waals surface area contributed by atoms with Crippen molar-refractivity contribution in [2.75, 3.05) is 13.6 Å². The third-order valence-electron chi connectivity index (χ3n) is 3.64. The molecule has 0 radical (unpaired) electrons. The lowest BCUT2D eigenvalue weighted by Gasteiger charge is -2.16. The number of hydrogen-bond acceptors (Lipinski definition) is 4.